The number of ether oxygens (including phenoxy) is 2. The van der Waals surface area contributed by atoms with Gasteiger partial charge in [0, 0.05) is 6.42 Å². The highest BCUT2D eigenvalue weighted by Crippen LogP contribution is 2.36. The number of alkyl carbamates (subject to hydrolysis) is 1. The molecule has 0 saturated carbocycles. The molecule has 3 rings (SSSR count). The van der Waals surface area contributed by atoms with E-state index >= 15 is 0 Å². The molecule has 0 aliphatic carbocycles. The third-order valence-electron chi connectivity index (χ3n) is 6.90. The molecule has 1 fully saturated rings. The standard InChI is InChI=1S/C31H44BNO7/c1-28(2,3)37-26(35)24(33-27(36)38-29(4,5)6)19-20-11-13-21(14-12-20)25(34)22-15-17-23(18-16-22)32-39-30(7,8)31(9,10)40-32/h11-18,24-25,34H,19H2,1-10H3,(H,33,36)/t24-,25?/m0/s1. The Balaban J connectivity index is 1.70. The molecule has 2 aromatic rings. The van der Waals surface area contributed by atoms with Crippen molar-refractivity contribution in [2.75, 3.05) is 0 Å². The van der Waals surface area contributed by atoms with Gasteiger partial charge in [-0.25, -0.2) is 9.59 Å². The minimum atomic E-state index is -0.938. The van der Waals surface area contributed by atoms with E-state index in [1.54, 1.807) is 41.5 Å². The number of hydrogen-bond acceptors (Lipinski definition) is 7. The van der Waals surface area contributed by atoms with Crippen molar-refractivity contribution < 1.29 is 33.5 Å². The Morgan fingerprint density at radius 3 is 1.73 bits per heavy atom. The van der Waals surface area contributed by atoms with Crippen molar-refractivity contribution in [2.24, 2.45) is 0 Å². The second-order valence-corrected chi connectivity index (χ2v) is 13.3. The normalized spacial score (nSPS) is 18.1. The van der Waals surface area contributed by atoms with E-state index in [-0.39, 0.29) is 6.42 Å². The van der Waals surface area contributed by atoms with E-state index in [9.17, 15) is 14.7 Å². The summed E-state index contributed by atoms with van der Waals surface area (Å²) >= 11 is 0. The van der Waals surface area contributed by atoms with Crippen molar-refractivity contribution in [1.82, 2.24) is 5.32 Å². The molecule has 1 heterocycles. The van der Waals surface area contributed by atoms with Gasteiger partial charge in [-0.3, -0.25) is 0 Å². The lowest BCUT2D eigenvalue weighted by Gasteiger charge is -2.32. The zero-order valence-electron chi connectivity index (χ0n) is 25.5. The predicted octanol–water partition coefficient (Wildman–Crippen LogP) is 4.85. The van der Waals surface area contributed by atoms with Gasteiger partial charge in [0.15, 0.2) is 0 Å². The molecule has 0 spiro atoms. The van der Waals surface area contributed by atoms with Gasteiger partial charge in [0.25, 0.3) is 0 Å². The number of esters is 1. The second kappa shape index (κ2) is 11.5. The molecule has 0 bridgehead atoms. The Morgan fingerprint density at radius 1 is 0.825 bits per heavy atom. The van der Waals surface area contributed by atoms with Crippen LogP contribution in [0.3, 0.4) is 0 Å². The van der Waals surface area contributed by atoms with Gasteiger partial charge in [0.05, 0.1) is 11.2 Å². The van der Waals surface area contributed by atoms with Crippen LogP contribution in [0.4, 0.5) is 4.79 Å². The second-order valence-electron chi connectivity index (χ2n) is 13.3. The number of hydrogen-bond donors (Lipinski definition) is 2. The molecular weight excluding hydrogens is 509 g/mol. The number of rotatable bonds is 7. The third-order valence-corrected chi connectivity index (χ3v) is 6.90. The number of aliphatic hydroxyl groups excluding tert-OH is 1. The smallest absolute Gasteiger partial charge is 0.458 e. The SMILES string of the molecule is CC(C)(C)OC(=O)N[C@@H](Cc1ccc(C(O)c2ccc(B3OC(C)(C)C(C)(C)O3)cc2)cc1)C(=O)OC(C)(C)C. The van der Waals surface area contributed by atoms with E-state index in [1.165, 1.54) is 0 Å². The minimum Gasteiger partial charge on any atom is -0.458 e. The number of nitrogens with one attached hydrogen (secondary N) is 1. The summed E-state index contributed by atoms with van der Waals surface area (Å²) < 4.78 is 23.1. The number of carbonyl (C=O) groups is 2. The number of amides is 1. The van der Waals surface area contributed by atoms with Crippen LogP contribution in [-0.4, -0.2) is 52.7 Å². The Morgan fingerprint density at radius 2 is 1.27 bits per heavy atom. The predicted molar refractivity (Wildman–Crippen MR) is 155 cm³/mol. The Hall–Kier alpha value is -2.88. The Bertz CT molecular complexity index is 1160. The summed E-state index contributed by atoms with van der Waals surface area (Å²) in [5.74, 6) is -0.551. The van der Waals surface area contributed by atoms with Crippen LogP contribution in [0.25, 0.3) is 0 Å². The molecule has 0 aromatic heterocycles. The summed E-state index contributed by atoms with van der Waals surface area (Å²) in [6, 6.07) is 13.9. The molecular formula is C31H44BNO7. The number of aliphatic hydroxyl groups is 1. The molecule has 218 valence electrons. The first-order chi connectivity index (χ1) is 18.3. The van der Waals surface area contributed by atoms with Gasteiger partial charge in [-0.1, -0.05) is 48.5 Å². The molecule has 8 nitrogen and oxygen atoms in total. The van der Waals surface area contributed by atoms with E-state index in [4.69, 9.17) is 18.8 Å². The van der Waals surface area contributed by atoms with Gasteiger partial charge in [-0.05, 0) is 91.4 Å². The molecule has 2 aromatic carbocycles. The van der Waals surface area contributed by atoms with Crippen LogP contribution in [0.1, 0.15) is 92.0 Å². The lowest BCUT2D eigenvalue weighted by atomic mass is 9.78. The summed E-state index contributed by atoms with van der Waals surface area (Å²) in [7, 11) is -0.470. The fourth-order valence-corrected chi connectivity index (χ4v) is 4.09. The van der Waals surface area contributed by atoms with Crippen LogP contribution < -0.4 is 10.8 Å². The van der Waals surface area contributed by atoms with Crippen LogP contribution in [0, 0.1) is 0 Å². The highest BCUT2D eigenvalue weighted by Gasteiger charge is 2.51. The lowest BCUT2D eigenvalue weighted by Crippen LogP contribution is -2.47. The zero-order valence-corrected chi connectivity index (χ0v) is 25.5. The first-order valence-electron chi connectivity index (χ1n) is 13.7. The molecule has 1 unspecified atom stereocenters. The zero-order chi connectivity index (χ0) is 30.1. The monoisotopic (exact) mass is 553 g/mol. The maximum absolute atomic E-state index is 12.9. The number of carbonyl (C=O) groups excluding carboxylic acids is 2. The van der Waals surface area contributed by atoms with E-state index in [0.717, 1.165) is 16.6 Å². The Kier molecular flexibility index (Phi) is 9.14. The molecule has 2 atom stereocenters. The van der Waals surface area contributed by atoms with Gasteiger partial charge in [0.2, 0.25) is 0 Å². The van der Waals surface area contributed by atoms with Crippen molar-refractivity contribution in [3.63, 3.8) is 0 Å². The maximum atomic E-state index is 12.9. The fourth-order valence-electron chi connectivity index (χ4n) is 4.09. The van der Waals surface area contributed by atoms with Crippen LogP contribution in [0.5, 0.6) is 0 Å². The van der Waals surface area contributed by atoms with Crippen LogP contribution in [0.2, 0.25) is 0 Å². The van der Waals surface area contributed by atoms with Gasteiger partial charge in [0.1, 0.15) is 23.3 Å². The average Bonchev–Trinajstić information content (AvgIpc) is 3.03. The van der Waals surface area contributed by atoms with Gasteiger partial charge >= 0.3 is 19.2 Å². The van der Waals surface area contributed by atoms with Crippen LogP contribution in [-0.2, 0) is 30.0 Å². The largest absolute Gasteiger partial charge is 0.494 e. The highest BCUT2D eigenvalue weighted by molar-refractivity contribution is 6.62. The summed E-state index contributed by atoms with van der Waals surface area (Å²) in [5, 5.41) is 13.7. The van der Waals surface area contributed by atoms with Crippen molar-refractivity contribution in [1.29, 1.82) is 0 Å². The lowest BCUT2D eigenvalue weighted by molar-refractivity contribution is -0.157. The quantitative estimate of drug-likeness (QED) is 0.374. The topological polar surface area (TPSA) is 103 Å². The van der Waals surface area contributed by atoms with E-state index in [0.29, 0.717) is 5.56 Å². The summed E-state index contributed by atoms with van der Waals surface area (Å²) in [6.45, 7) is 18.6. The first-order valence-corrected chi connectivity index (χ1v) is 13.7. The van der Waals surface area contributed by atoms with E-state index < -0.39 is 53.7 Å². The van der Waals surface area contributed by atoms with Crippen LogP contribution >= 0.6 is 0 Å². The maximum Gasteiger partial charge on any atom is 0.494 e. The van der Waals surface area contributed by atoms with Crippen molar-refractivity contribution in [3.8, 4) is 0 Å². The molecule has 1 amide bonds. The van der Waals surface area contributed by atoms with Gasteiger partial charge < -0.3 is 29.2 Å². The minimum absolute atomic E-state index is 0.202. The molecule has 2 N–H and O–H groups in total. The molecule has 1 aliphatic rings. The first kappa shape index (κ1) is 31.6. The molecule has 0 radical (unpaired) electrons. The number of benzene rings is 2. The molecule has 1 saturated heterocycles. The summed E-state index contributed by atoms with van der Waals surface area (Å²) in [6.07, 6.45) is -1.34. The van der Waals surface area contributed by atoms with Gasteiger partial charge in [-0.2, -0.15) is 0 Å². The fraction of sp³-hybridized carbons (Fsp3) is 0.548. The van der Waals surface area contributed by atoms with Crippen molar-refractivity contribution in [3.05, 3.63) is 65.2 Å². The van der Waals surface area contributed by atoms with Gasteiger partial charge in [-0.15, -0.1) is 0 Å². The average molecular weight is 554 g/mol. The summed E-state index contributed by atoms with van der Waals surface area (Å²) in [5.41, 5.74) is 0.826. The van der Waals surface area contributed by atoms with Crippen molar-refractivity contribution in [2.45, 2.75) is 110 Å². The third kappa shape index (κ3) is 8.32. The summed E-state index contributed by atoms with van der Waals surface area (Å²) in [4.78, 5) is 25.3. The van der Waals surface area contributed by atoms with Crippen LogP contribution in [0.15, 0.2) is 48.5 Å². The highest BCUT2D eigenvalue weighted by atomic mass is 16.7. The van der Waals surface area contributed by atoms with Crippen molar-refractivity contribution >= 4 is 24.6 Å². The molecule has 9 heteroatoms. The van der Waals surface area contributed by atoms with E-state index in [2.05, 4.69) is 5.32 Å². The Labute approximate surface area is 238 Å². The molecule has 40 heavy (non-hydrogen) atoms. The van der Waals surface area contributed by atoms with E-state index in [1.807, 2.05) is 76.2 Å². The molecule has 1 aliphatic heterocycles.